The molecule has 0 aliphatic carbocycles. The number of hydrogen-bond acceptors (Lipinski definition) is 2. The Morgan fingerprint density at radius 3 is 2.50 bits per heavy atom. The average Bonchev–Trinajstić information content (AvgIpc) is 2.40. The molecule has 1 unspecified atom stereocenters. The standard InChI is InChI=1S/C14H14BrClN2/c15-12-7-6-10(8-13(12)16)14(9-17)18-11-4-2-1-3-5-11/h1-8,14,18H,9,17H2. The molecule has 0 aliphatic heterocycles. The van der Waals surface area contributed by atoms with E-state index in [4.69, 9.17) is 17.3 Å². The summed E-state index contributed by atoms with van der Waals surface area (Å²) in [5, 5.41) is 4.09. The minimum absolute atomic E-state index is 0.0537. The molecule has 0 saturated heterocycles. The summed E-state index contributed by atoms with van der Waals surface area (Å²) in [4.78, 5) is 0. The lowest BCUT2D eigenvalue weighted by molar-refractivity contribution is 0.790. The first-order valence-corrected chi connectivity index (χ1v) is 6.84. The van der Waals surface area contributed by atoms with Gasteiger partial charge in [0.05, 0.1) is 11.1 Å². The first kappa shape index (κ1) is 13.4. The lowest BCUT2D eigenvalue weighted by Gasteiger charge is -2.19. The van der Waals surface area contributed by atoms with Crippen LogP contribution in [0.2, 0.25) is 5.02 Å². The highest BCUT2D eigenvalue weighted by Gasteiger charge is 2.10. The van der Waals surface area contributed by atoms with E-state index >= 15 is 0 Å². The van der Waals surface area contributed by atoms with Crippen molar-refractivity contribution < 1.29 is 0 Å². The van der Waals surface area contributed by atoms with Gasteiger partial charge in [-0.2, -0.15) is 0 Å². The first-order valence-electron chi connectivity index (χ1n) is 5.67. The van der Waals surface area contributed by atoms with Crippen LogP contribution in [0.5, 0.6) is 0 Å². The Kier molecular flexibility index (Phi) is 4.64. The second-order valence-electron chi connectivity index (χ2n) is 3.97. The molecule has 0 spiro atoms. The third kappa shape index (κ3) is 3.25. The van der Waals surface area contributed by atoms with Gasteiger partial charge in [0.2, 0.25) is 0 Å². The Balaban J connectivity index is 2.20. The van der Waals surface area contributed by atoms with E-state index in [2.05, 4.69) is 21.2 Å². The van der Waals surface area contributed by atoms with Crippen LogP contribution >= 0.6 is 27.5 Å². The molecular formula is C14H14BrClN2. The molecule has 94 valence electrons. The van der Waals surface area contributed by atoms with E-state index in [-0.39, 0.29) is 6.04 Å². The van der Waals surface area contributed by atoms with Gasteiger partial charge in [-0.15, -0.1) is 0 Å². The Labute approximate surface area is 120 Å². The number of benzene rings is 2. The largest absolute Gasteiger partial charge is 0.377 e. The molecule has 0 saturated carbocycles. The molecule has 0 heterocycles. The maximum absolute atomic E-state index is 6.10. The zero-order chi connectivity index (χ0) is 13.0. The summed E-state index contributed by atoms with van der Waals surface area (Å²) < 4.78 is 0.892. The van der Waals surface area contributed by atoms with E-state index in [1.807, 2.05) is 48.5 Å². The summed E-state index contributed by atoms with van der Waals surface area (Å²) in [5.41, 5.74) is 7.95. The van der Waals surface area contributed by atoms with Crippen molar-refractivity contribution in [3.05, 3.63) is 63.6 Å². The predicted octanol–water partition coefficient (Wildman–Crippen LogP) is 4.21. The fraction of sp³-hybridized carbons (Fsp3) is 0.143. The predicted molar refractivity (Wildman–Crippen MR) is 81.0 cm³/mol. The summed E-state index contributed by atoms with van der Waals surface area (Å²) in [6, 6.07) is 15.9. The van der Waals surface area contributed by atoms with Gasteiger partial charge in [-0.1, -0.05) is 35.9 Å². The van der Waals surface area contributed by atoms with Crippen LogP contribution in [-0.4, -0.2) is 6.54 Å². The van der Waals surface area contributed by atoms with Crippen molar-refractivity contribution in [3.8, 4) is 0 Å². The molecule has 0 radical (unpaired) electrons. The molecule has 2 aromatic carbocycles. The van der Waals surface area contributed by atoms with Crippen molar-refractivity contribution in [1.82, 2.24) is 0 Å². The Hall–Kier alpha value is -1.03. The lowest BCUT2D eigenvalue weighted by Crippen LogP contribution is -2.20. The molecule has 0 amide bonds. The molecule has 2 rings (SSSR count). The van der Waals surface area contributed by atoms with Crippen LogP contribution in [0.25, 0.3) is 0 Å². The van der Waals surface area contributed by atoms with Crippen molar-refractivity contribution in [2.24, 2.45) is 5.73 Å². The summed E-state index contributed by atoms with van der Waals surface area (Å²) in [6.45, 7) is 0.507. The molecule has 0 aromatic heterocycles. The van der Waals surface area contributed by atoms with Gasteiger partial charge in [-0.05, 0) is 45.8 Å². The van der Waals surface area contributed by atoms with Gasteiger partial charge >= 0.3 is 0 Å². The summed E-state index contributed by atoms with van der Waals surface area (Å²) >= 11 is 9.49. The molecule has 2 aromatic rings. The zero-order valence-electron chi connectivity index (χ0n) is 9.74. The fourth-order valence-corrected chi connectivity index (χ4v) is 2.18. The molecule has 2 nitrogen and oxygen atoms in total. The van der Waals surface area contributed by atoms with Crippen LogP contribution in [0.1, 0.15) is 11.6 Å². The molecule has 0 bridgehead atoms. The summed E-state index contributed by atoms with van der Waals surface area (Å²) in [5.74, 6) is 0. The molecule has 0 aliphatic rings. The normalized spacial score (nSPS) is 12.2. The zero-order valence-corrected chi connectivity index (χ0v) is 12.1. The van der Waals surface area contributed by atoms with E-state index < -0.39 is 0 Å². The number of para-hydroxylation sites is 1. The number of rotatable bonds is 4. The molecule has 18 heavy (non-hydrogen) atoms. The fourth-order valence-electron chi connectivity index (χ4n) is 1.74. The highest BCUT2D eigenvalue weighted by Crippen LogP contribution is 2.27. The van der Waals surface area contributed by atoms with Gasteiger partial charge in [0, 0.05) is 16.7 Å². The Bertz CT molecular complexity index is 516. The molecular weight excluding hydrogens is 312 g/mol. The van der Waals surface area contributed by atoms with Gasteiger partial charge < -0.3 is 11.1 Å². The van der Waals surface area contributed by atoms with Gasteiger partial charge in [0.1, 0.15) is 0 Å². The lowest BCUT2D eigenvalue weighted by atomic mass is 10.1. The van der Waals surface area contributed by atoms with E-state index in [0.717, 1.165) is 15.7 Å². The van der Waals surface area contributed by atoms with Crippen LogP contribution in [0.4, 0.5) is 5.69 Å². The number of nitrogens with two attached hydrogens (primary N) is 1. The highest BCUT2D eigenvalue weighted by molar-refractivity contribution is 9.10. The van der Waals surface area contributed by atoms with Crippen molar-refractivity contribution in [2.75, 3.05) is 11.9 Å². The van der Waals surface area contributed by atoms with E-state index in [0.29, 0.717) is 11.6 Å². The molecule has 1 atom stereocenters. The number of hydrogen-bond donors (Lipinski definition) is 2. The van der Waals surface area contributed by atoms with Crippen molar-refractivity contribution in [2.45, 2.75) is 6.04 Å². The molecule has 4 heteroatoms. The number of anilines is 1. The van der Waals surface area contributed by atoms with Crippen LogP contribution in [0.15, 0.2) is 53.0 Å². The van der Waals surface area contributed by atoms with Crippen molar-refractivity contribution >= 4 is 33.2 Å². The molecule has 3 N–H and O–H groups in total. The van der Waals surface area contributed by atoms with E-state index in [1.54, 1.807) is 0 Å². The van der Waals surface area contributed by atoms with Crippen molar-refractivity contribution in [3.63, 3.8) is 0 Å². The Morgan fingerprint density at radius 2 is 1.89 bits per heavy atom. The van der Waals surface area contributed by atoms with Gasteiger partial charge in [-0.3, -0.25) is 0 Å². The quantitative estimate of drug-likeness (QED) is 0.883. The van der Waals surface area contributed by atoms with Crippen LogP contribution in [0, 0.1) is 0 Å². The summed E-state index contributed by atoms with van der Waals surface area (Å²) in [6.07, 6.45) is 0. The van der Waals surface area contributed by atoms with Gasteiger partial charge in [0.15, 0.2) is 0 Å². The maximum Gasteiger partial charge on any atom is 0.0636 e. The minimum Gasteiger partial charge on any atom is -0.377 e. The second-order valence-corrected chi connectivity index (χ2v) is 5.23. The smallest absolute Gasteiger partial charge is 0.0636 e. The average molecular weight is 326 g/mol. The Morgan fingerprint density at radius 1 is 1.17 bits per heavy atom. The third-order valence-electron chi connectivity index (χ3n) is 2.70. The van der Waals surface area contributed by atoms with E-state index in [1.165, 1.54) is 0 Å². The second kappa shape index (κ2) is 6.23. The maximum atomic E-state index is 6.10. The highest BCUT2D eigenvalue weighted by atomic mass is 79.9. The third-order valence-corrected chi connectivity index (χ3v) is 3.93. The van der Waals surface area contributed by atoms with Crippen LogP contribution in [-0.2, 0) is 0 Å². The molecule has 0 fully saturated rings. The first-order chi connectivity index (χ1) is 8.70. The number of nitrogens with one attached hydrogen (secondary N) is 1. The minimum atomic E-state index is 0.0537. The summed E-state index contributed by atoms with van der Waals surface area (Å²) in [7, 11) is 0. The van der Waals surface area contributed by atoms with E-state index in [9.17, 15) is 0 Å². The van der Waals surface area contributed by atoms with Gasteiger partial charge in [0.25, 0.3) is 0 Å². The van der Waals surface area contributed by atoms with Crippen LogP contribution < -0.4 is 11.1 Å². The topological polar surface area (TPSA) is 38.0 Å². The van der Waals surface area contributed by atoms with Gasteiger partial charge in [-0.25, -0.2) is 0 Å². The monoisotopic (exact) mass is 324 g/mol. The van der Waals surface area contributed by atoms with Crippen LogP contribution in [0.3, 0.4) is 0 Å². The number of halogens is 2. The SMILES string of the molecule is NCC(Nc1ccccc1)c1ccc(Br)c(Cl)c1. The van der Waals surface area contributed by atoms with Crippen molar-refractivity contribution in [1.29, 1.82) is 0 Å².